The predicted molar refractivity (Wildman–Crippen MR) is 75.6 cm³/mol. The van der Waals surface area contributed by atoms with E-state index in [0.717, 1.165) is 26.2 Å². The molecule has 1 amide bonds. The van der Waals surface area contributed by atoms with Gasteiger partial charge in [-0.2, -0.15) is 0 Å². The molecule has 6 heteroatoms. The fourth-order valence-corrected chi connectivity index (χ4v) is 2.85. The molecule has 1 fully saturated rings. The van der Waals surface area contributed by atoms with Crippen LogP contribution in [0.2, 0.25) is 0 Å². The summed E-state index contributed by atoms with van der Waals surface area (Å²) >= 11 is 1.33. The summed E-state index contributed by atoms with van der Waals surface area (Å²) in [5, 5.41) is 0. The zero-order valence-electron chi connectivity index (χ0n) is 10.9. The number of carbonyl (C=O) groups excluding carboxylic acids is 1. The van der Waals surface area contributed by atoms with Gasteiger partial charge in [-0.1, -0.05) is 0 Å². The third-order valence-corrected chi connectivity index (χ3v) is 4.07. The van der Waals surface area contributed by atoms with Crippen LogP contribution in [-0.2, 0) is 4.79 Å². The molecule has 0 aromatic heterocycles. The van der Waals surface area contributed by atoms with Crippen molar-refractivity contribution in [1.82, 2.24) is 9.80 Å². The zero-order chi connectivity index (χ0) is 13.8. The first-order valence-corrected chi connectivity index (χ1v) is 7.18. The molecule has 1 aromatic carbocycles. The lowest BCUT2D eigenvalue weighted by molar-refractivity contribution is -0.129. The second-order valence-corrected chi connectivity index (χ2v) is 5.74. The second-order valence-electron chi connectivity index (χ2n) is 4.69. The number of halogens is 1. The Bertz CT molecular complexity index is 441. The minimum atomic E-state index is -0.366. The van der Waals surface area contributed by atoms with Crippen LogP contribution in [0, 0.1) is 5.82 Å². The first-order valence-electron chi connectivity index (χ1n) is 6.20. The Kier molecular flexibility index (Phi) is 4.66. The van der Waals surface area contributed by atoms with Crippen LogP contribution in [0.25, 0.3) is 0 Å². The molecule has 2 rings (SSSR count). The average molecular weight is 283 g/mol. The summed E-state index contributed by atoms with van der Waals surface area (Å²) in [5.74, 6) is 0.0579. The molecule has 0 spiro atoms. The van der Waals surface area contributed by atoms with E-state index in [2.05, 4.69) is 4.90 Å². The van der Waals surface area contributed by atoms with Gasteiger partial charge in [0.25, 0.3) is 0 Å². The number of nitrogen functional groups attached to an aromatic ring is 1. The number of carbonyl (C=O) groups is 1. The number of nitrogens with zero attached hydrogens (tertiary/aromatic N) is 2. The van der Waals surface area contributed by atoms with E-state index in [1.807, 2.05) is 11.9 Å². The number of nitrogens with two attached hydrogens (primary N) is 1. The van der Waals surface area contributed by atoms with Crippen LogP contribution < -0.4 is 5.73 Å². The number of hydrogen-bond acceptors (Lipinski definition) is 4. The van der Waals surface area contributed by atoms with Crippen molar-refractivity contribution in [2.24, 2.45) is 0 Å². The SMILES string of the molecule is CN1CCN(C(=O)CSc2cc(N)cc(F)c2)CC1. The van der Waals surface area contributed by atoms with E-state index >= 15 is 0 Å². The van der Waals surface area contributed by atoms with Crippen molar-refractivity contribution in [2.75, 3.05) is 44.7 Å². The lowest BCUT2D eigenvalue weighted by atomic mass is 10.3. The van der Waals surface area contributed by atoms with Gasteiger partial charge in [-0.15, -0.1) is 11.8 Å². The van der Waals surface area contributed by atoms with Gasteiger partial charge in [0.15, 0.2) is 0 Å². The van der Waals surface area contributed by atoms with Crippen LogP contribution in [0.4, 0.5) is 10.1 Å². The van der Waals surface area contributed by atoms with Crippen LogP contribution in [0.15, 0.2) is 23.1 Å². The van der Waals surface area contributed by atoms with Crippen LogP contribution in [0.1, 0.15) is 0 Å². The number of anilines is 1. The highest BCUT2D eigenvalue weighted by molar-refractivity contribution is 8.00. The Balaban J connectivity index is 1.86. The van der Waals surface area contributed by atoms with Gasteiger partial charge in [0.1, 0.15) is 5.82 Å². The van der Waals surface area contributed by atoms with E-state index in [0.29, 0.717) is 16.3 Å². The first-order chi connectivity index (χ1) is 9.04. The van der Waals surface area contributed by atoms with Gasteiger partial charge in [-0.3, -0.25) is 4.79 Å². The van der Waals surface area contributed by atoms with Gasteiger partial charge in [-0.25, -0.2) is 4.39 Å². The van der Waals surface area contributed by atoms with E-state index in [-0.39, 0.29) is 11.7 Å². The Hall–Kier alpha value is -1.27. The van der Waals surface area contributed by atoms with E-state index in [1.165, 1.54) is 23.9 Å². The number of thioether (sulfide) groups is 1. The Morgan fingerprint density at radius 1 is 1.32 bits per heavy atom. The number of amides is 1. The van der Waals surface area contributed by atoms with Gasteiger partial charge in [-0.05, 0) is 25.2 Å². The van der Waals surface area contributed by atoms with Crippen LogP contribution in [0.3, 0.4) is 0 Å². The standard InChI is InChI=1S/C13H18FN3OS/c1-16-2-4-17(5-3-16)13(18)9-19-12-7-10(14)6-11(15)8-12/h6-8H,2-5,9,15H2,1H3. The number of benzene rings is 1. The third kappa shape index (κ3) is 4.11. The predicted octanol–water partition coefficient (Wildman–Crippen LogP) is 1.27. The molecule has 19 heavy (non-hydrogen) atoms. The molecule has 0 radical (unpaired) electrons. The number of likely N-dealkylation sites (N-methyl/N-ethyl adjacent to an activating group) is 1. The molecule has 0 bridgehead atoms. The van der Waals surface area contributed by atoms with Crippen LogP contribution >= 0.6 is 11.8 Å². The maximum Gasteiger partial charge on any atom is 0.233 e. The van der Waals surface area contributed by atoms with Crippen molar-refractivity contribution in [2.45, 2.75) is 4.90 Å². The Morgan fingerprint density at radius 2 is 2.00 bits per heavy atom. The number of piperazine rings is 1. The maximum absolute atomic E-state index is 13.2. The highest BCUT2D eigenvalue weighted by Crippen LogP contribution is 2.22. The fraction of sp³-hybridized carbons (Fsp3) is 0.462. The lowest BCUT2D eigenvalue weighted by Gasteiger charge is -2.32. The van der Waals surface area contributed by atoms with E-state index < -0.39 is 0 Å². The highest BCUT2D eigenvalue weighted by atomic mass is 32.2. The van der Waals surface area contributed by atoms with Crippen LogP contribution in [-0.4, -0.2) is 54.7 Å². The van der Waals surface area contributed by atoms with E-state index in [4.69, 9.17) is 5.73 Å². The summed E-state index contributed by atoms with van der Waals surface area (Å²) in [4.78, 5) is 16.8. The van der Waals surface area contributed by atoms with Gasteiger partial charge in [0.2, 0.25) is 5.91 Å². The molecular formula is C13H18FN3OS. The lowest BCUT2D eigenvalue weighted by Crippen LogP contribution is -2.47. The molecule has 0 saturated carbocycles. The molecule has 1 heterocycles. The molecule has 1 aliphatic heterocycles. The summed E-state index contributed by atoms with van der Waals surface area (Å²) in [5.41, 5.74) is 5.95. The summed E-state index contributed by atoms with van der Waals surface area (Å²) in [6.45, 7) is 3.34. The highest BCUT2D eigenvalue weighted by Gasteiger charge is 2.18. The zero-order valence-corrected chi connectivity index (χ0v) is 11.8. The van der Waals surface area contributed by atoms with Gasteiger partial charge < -0.3 is 15.5 Å². The van der Waals surface area contributed by atoms with Crippen molar-refractivity contribution >= 4 is 23.4 Å². The molecule has 1 aliphatic rings. The van der Waals surface area contributed by atoms with E-state index in [9.17, 15) is 9.18 Å². The quantitative estimate of drug-likeness (QED) is 0.670. The minimum Gasteiger partial charge on any atom is -0.399 e. The van der Waals surface area contributed by atoms with Crippen molar-refractivity contribution in [3.63, 3.8) is 0 Å². The van der Waals surface area contributed by atoms with Gasteiger partial charge in [0, 0.05) is 36.8 Å². The minimum absolute atomic E-state index is 0.0981. The van der Waals surface area contributed by atoms with E-state index in [1.54, 1.807) is 6.07 Å². The molecule has 0 aliphatic carbocycles. The maximum atomic E-state index is 13.2. The second kappa shape index (κ2) is 6.25. The molecule has 1 saturated heterocycles. The van der Waals surface area contributed by atoms with Crippen molar-refractivity contribution < 1.29 is 9.18 Å². The molecular weight excluding hydrogens is 265 g/mol. The van der Waals surface area contributed by atoms with Gasteiger partial charge in [0.05, 0.1) is 5.75 Å². The fourth-order valence-electron chi connectivity index (χ4n) is 1.96. The summed E-state index contributed by atoms with van der Waals surface area (Å²) < 4.78 is 13.2. The number of rotatable bonds is 3. The Morgan fingerprint density at radius 3 is 2.63 bits per heavy atom. The Labute approximate surface area is 116 Å². The molecule has 104 valence electrons. The molecule has 2 N–H and O–H groups in total. The monoisotopic (exact) mass is 283 g/mol. The summed E-state index contributed by atoms with van der Waals surface area (Å²) in [7, 11) is 2.05. The average Bonchev–Trinajstić information content (AvgIpc) is 2.36. The third-order valence-electron chi connectivity index (χ3n) is 3.11. The largest absolute Gasteiger partial charge is 0.399 e. The van der Waals surface area contributed by atoms with Crippen molar-refractivity contribution in [1.29, 1.82) is 0 Å². The molecule has 1 aromatic rings. The smallest absolute Gasteiger partial charge is 0.233 e. The normalized spacial score (nSPS) is 16.6. The van der Waals surface area contributed by atoms with Crippen molar-refractivity contribution in [3.8, 4) is 0 Å². The van der Waals surface area contributed by atoms with Gasteiger partial charge >= 0.3 is 0 Å². The van der Waals surface area contributed by atoms with Crippen molar-refractivity contribution in [3.05, 3.63) is 24.0 Å². The topological polar surface area (TPSA) is 49.6 Å². The van der Waals surface area contributed by atoms with Crippen LogP contribution in [0.5, 0.6) is 0 Å². The first kappa shape index (κ1) is 14.1. The molecule has 0 atom stereocenters. The number of hydrogen-bond donors (Lipinski definition) is 1. The summed E-state index contributed by atoms with van der Waals surface area (Å²) in [6, 6.07) is 4.36. The summed E-state index contributed by atoms with van der Waals surface area (Å²) in [6.07, 6.45) is 0. The molecule has 0 unspecified atom stereocenters. The molecule has 4 nitrogen and oxygen atoms in total.